The van der Waals surface area contributed by atoms with Crippen LogP contribution in [-0.4, -0.2) is 29.5 Å². The third-order valence-corrected chi connectivity index (χ3v) is 4.21. The number of aromatic nitrogens is 1. The standard InChI is InChI=1S/C14H14Cl2N3O4P/c1-24(2,22)8-18-11-4-3-5-12(13(11)19(20)21)23-14-10(16)6-9(15)7-17-14/h3-7,18H,8H2,1-2H3. The van der Waals surface area contributed by atoms with Crippen molar-refractivity contribution in [1.29, 1.82) is 0 Å². The molecule has 0 aliphatic carbocycles. The summed E-state index contributed by atoms with van der Waals surface area (Å²) >= 11 is 11.7. The van der Waals surface area contributed by atoms with Gasteiger partial charge in [-0.05, 0) is 31.5 Å². The highest BCUT2D eigenvalue weighted by Crippen LogP contribution is 2.41. The third-order valence-electron chi connectivity index (χ3n) is 2.81. The molecule has 10 heteroatoms. The van der Waals surface area contributed by atoms with Crippen LogP contribution in [0, 0.1) is 10.1 Å². The van der Waals surface area contributed by atoms with Crippen LogP contribution in [0.4, 0.5) is 11.4 Å². The highest BCUT2D eigenvalue weighted by Gasteiger charge is 2.23. The van der Waals surface area contributed by atoms with Crippen molar-refractivity contribution in [2.75, 3.05) is 24.9 Å². The lowest BCUT2D eigenvalue weighted by atomic mass is 10.2. The molecular formula is C14H14Cl2N3O4P. The zero-order chi connectivity index (χ0) is 17.9. The molecule has 0 amide bonds. The van der Waals surface area contributed by atoms with E-state index in [9.17, 15) is 14.7 Å². The molecule has 0 saturated heterocycles. The van der Waals surface area contributed by atoms with Gasteiger partial charge in [-0.25, -0.2) is 4.98 Å². The van der Waals surface area contributed by atoms with Gasteiger partial charge in [-0.15, -0.1) is 0 Å². The first-order valence-corrected chi connectivity index (χ1v) is 10.3. The van der Waals surface area contributed by atoms with Gasteiger partial charge in [0.1, 0.15) is 10.7 Å². The normalized spacial score (nSPS) is 11.2. The van der Waals surface area contributed by atoms with Crippen molar-refractivity contribution in [2.24, 2.45) is 0 Å². The van der Waals surface area contributed by atoms with Crippen LogP contribution < -0.4 is 10.1 Å². The number of hydrogen-bond acceptors (Lipinski definition) is 6. The van der Waals surface area contributed by atoms with Crippen molar-refractivity contribution in [2.45, 2.75) is 0 Å². The Labute approximate surface area is 148 Å². The maximum absolute atomic E-state index is 11.8. The number of nitrogens with zero attached hydrogens (tertiary/aromatic N) is 2. The van der Waals surface area contributed by atoms with Crippen LogP contribution in [0.1, 0.15) is 0 Å². The van der Waals surface area contributed by atoms with E-state index in [4.69, 9.17) is 27.9 Å². The van der Waals surface area contributed by atoms with Crippen molar-refractivity contribution in [3.05, 3.63) is 50.6 Å². The average Bonchev–Trinajstić information content (AvgIpc) is 2.47. The summed E-state index contributed by atoms with van der Waals surface area (Å²) in [5.41, 5.74) is -0.0923. The first kappa shape index (κ1) is 18.5. The Balaban J connectivity index is 2.39. The van der Waals surface area contributed by atoms with E-state index < -0.39 is 12.1 Å². The van der Waals surface area contributed by atoms with Gasteiger partial charge in [-0.3, -0.25) is 10.1 Å². The monoisotopic (exact) mass is 389 g/mol. The van der Waals surface area contributed by atoms with Crippen LogP contribution in [0.3, 0.4) is 0 Å². The predicted octanol–water partition coefficient (Wildman–Crippen LogP) is 5.08. The summed E-state index contributed by atoms with van der Waals surface area (Å²) in [5.74, 6) is -0.0401. The zero-order valence-corrected chi connectivity index (χ0v) is 15.2. The summed E-state index contributed by atoms with van der Waals surface area (Å²) in [6, 6.07) is 5.93. The van der Waals surface area contributed by atoms with E-state index in [1.54, 1.807) is 19.4 Å². The number of para-hydroxylation sites is 1. The van der Waals surface area contributed by atoms with Crippen molar-refractivity contribution >= 4 is 41.7 Å². The number of benzene rings is 1. The second kappa shape index (κ2) is 7.38. The van der Waals surface area contributed by atoms with Crippen molar-refractivity contribution < 1.29 is 14.2 Å². The lowest BCUT2D eigenvalue weighted by molar-refractivity contribution is -0.384. The van der Waals surface area contributed by atoms with Gasteiger partial charge in [0.05, 0.1) is 23.4 Å². The number of halogens is 2. The van der Waals surface area contributed by atoms with Gasteiger partial charge in [-0.1, -0.05) is 29.3 Å². The minimum absolute atomic E-state index is 0.00188. The lowest BCUT2D eigenvalue weighted by Crippen LogP contribution is -2.05. The van der Waals surface area contributed by atoms with Crippen LogP contribution in [0.2, 0.25) is 10.0 Å². The molecule has 0 spiro atoms. The van der Waals surface area contributed by atoms with Gasteiger partial charge in [-0.2, -0.15) is 0 Å². The van der Waals surface area contributed by atoms with E-state index in [0.717, 1.165) is 0 Å². The lowest BCUT2D eigenvalue weighted by Gasteiger charge is -2.13. The van der Waals surface area contributed by atoms with Gasteiger partial charge in [0, 0.05) is 6.20 Å². The minimum Gasteiger partial charge on any atom is -0.430 e. The highest BCUT2D eigenvalue weighted by atomic mass is 35.5. The smallest absolute Gasteiger partial charge is 0.334 e. The molecule has 0 atom stereocenters. The van der Waals surface area contributed by atoms with E-state index in [-0.39, 0.29) is 34.3 Å². The molecule has 0 aliphatic rings. The molecule has 2 aromatic rings. The van der Waals surface area contributed by atoms with Crippen molar-refractivity contribution in [3.8, 4) is 11.6 Å². The highest BCUT2D eigenvalue weighted by molar-refractivity contribution is 7.62. The van der Waals surface area contributed by atoms with Crippen LogP contribution in [-0.2, 0) is 4.57 Å². The predicted molar refractivity (Wildman–Crippen MR) is 95.4 cm³/mol. The zero-order valence-electron chi connectivity index (χ0n) is 12.8. The largest absolute Gasteiger partial charge is 0.430 e. The number of hydrogen-bond donors (Lipinski definition) is 1. The number of nitro groups is 1. The SMILES string of the molecule is CP(C)(=O)CNc1cccc(Oc2ncc(Cl)cc2Cl)c1[N+](=O)[O-]. The van der Waals surface area contributed by atoms with E-state index in [2.05, 4.69) is 10.3 Å². The first-order chi connectivity index (χ1) is 11.2. The molecule has 1 N–H and O–H groups in total. The maximum Gasteiger partial charge on any atom is 0.334 e. The quantitative estimate of drug-likeness (QED) is 0.420. The molecule has 0 unspecified atom stereocenters. The first-order valence-electron chi connectivity index (χ1n) is 6.71. The third kappa shape index (κ3) is 4.84. The molecule has 2 rings (SSSR count). The fourth-order valence-electron chi connectivity index (χ4n) is 1.79. The molecule has 0 fully saturated rings. The number of nitro benzene ring substituents is 1. The van der Waals surface area contributed by atoms with Crippen molar-refractivity contribution in [3.63, 3.8) is 0 Å². The molecule has 0 saturated carbocycles. The Morgan fingerprint density at radius 2 is 2.08 bits per heavy atom. The van der Waals surface area contributed by atoms with E-state index >= 15 is 0 Å². The van der Waals surface area contributed by atoms with Crippen LogP contribution >= 0.6 is 30.3 Å². The van der Waals surface area contributed by atoms with Crippen molar-refractivity contribution in [1.82, 2.24) is 4.98 Å². The summed E-state index contributed by atoms with van der Waals surface area (Å²) in [5, 5.41) is 14.7. The summed E-state index contributed by atoms with van der Waals surface area (Å²) in [4.78, 5) is 14.8. The van der Waals surface area contributed by atoms with Gasteiger partial charge in [0.2, 0.25) is 11.6 Å². The molecule has 0 aliphatic heterocycles. The fraction of sp³-hybridized carbons (Fsp3) is 0.214. The van der Waals surface area contributed by atoms with Crippen LogP contribution in [0.5, 0.6) is 11.6 Å². The number of pyridine rings is 1. The second-order valence-corrected chi connectivity index (χ2v) is 9.67. The molecule has 24 heavy (non-hydrogen) atoms. The fourth-order valence-corrected chi connectivity index (χ4v) is 2.76. The van der Waals surface area contributed by atoms with Gasteiger partial charge < -0.3 is 14.6 Å². The Hall–Kier alpha value is -1.82. The Kier molecular flexibility index (Phi) is 5.70. The van der Waals surface area contributed by atoms with Crippen LogP contribution in [0.15, 0.2) is 30.5 Å². The van der Waals surface area contributed by atoms with Crippen LogP contribution in [0.25, 0.3) is 0 Å². The molecule has 1 aromatic carbocycles. The molecular weight excluding hydrogens is 376 g/mol. The number of nitrogens with one attached hydrogen (secondary N) is 1. The summed E-state index contributed by atoms with van der Waals surface area (Å²) in [7, 11) is -2.40. The number of anilines is 1. The summed E-state index contributed by atoms with van der Waals surface area (Å²) < 4.78 is 17.3. The number of ether oxygens (including phenoxy) is 1. The summed E-state index contributed by atoms with van der Waals surface area (Å²) in [6.07, 6.45) is 1.44. The molecule has 1 aromatic heterocycles. The van der Waals surface area contributed by atoms with Gasteiger partial charge in [0.25, 0.3) is 0 Å². The topological polar surface area (TPSA) is 94.4 Å². The average molecular weight is 390 g/mol. The second-order valence-electron chi connectivity index (χ2n) is 5.36. The minimum atomic E-state index is -2.40. The Morgan fingerprint density at radius 3 is 2.67 bits per heavy atom. The Morgan fingerprint density at radius 1 is 1.38 bits per heavy atom. The van der Waals surface area contributed by atoms with Gasteiger partial charge in [0.15, 0.2) is 0 Å². The molecule has 0 bridgehead atoms. The number of rotatable bonds is 6. The maximum atomic E-state index is 11.8. The van der Waals surface area contributed by atoms with E-state index in [1.807, 2.05) is 0 Å². The van der Waals surface area contributed by atoms with E-state index in [0.29, 0.717) is 5.02 Å². The summed E-state index contributed by atoms with van der Waals surface area (Å²) in [6.45, 7) is 3.17. The molecule has 128 valence electrons. The molecule has 1 heterocycles. The molecule has 0 radical (unpaired) electrons. The van der Waals surface area contributed by atoms with Gasteiger partial charge >= 0.3 is 5.69 Å². The Bertz CT molecular complexity index is 826. The van der Waals surface area contributed by atoms with E-state index in [1.165, 1.54) is 24.4 Å². The molecule has 7 nitrogen and oxygen atoms in total.